The quantitative estimate of drug-likeness (QED) is 0.390. The van der Waals surface area contributed by atoms with Crippen LogP contribution in [0.1, 0.15) is 16.1 Å². The van der Waals surface area contributed by atoms with Gasteiger partial charge in [0.2, 0.25) is 0 Å². The van der Waals surface area contributed by atoms with Gasteiger partial charge in [-0.15, -0.1) is 11.8 Å². The molecule has 3 rings (SSSR count). The normalized spacial score (nSPS) is 10.7. The van der Waals surface area contributed by atoms with Gasteiger partial charge in [-0.25, -0.2) is 0 Å². The zero-order valence-electron chi connectivity index (χ0n) is 12.0. The van der Waals surface area contributed by atoms with Gasteiger partial charge in [-0.3, -0.25) is 4.79 Å². The summed E-state index contributed by atoms with van der Waals surface area (Å²) in [5.41, 5.74) is 1.98. The van der Waals surface area contributed by atoms with Crippen LogP contribution in [0.4, 0.5) is 0 Å². The Balaban J connectivity index is 1.68. The topological polar surface area (TPSA) is 30.2 Å². The summed E-state index contributed by atoms with van der Waals surface area (Å²) in [5, 5.41) is 1.32. The van der Waals surface area contributed by atoms with E-state index >= 15 is 0 Å². The van der Waals surface area contributed by atoms with E-state index in [1.54, 1.807) is 30.0 Å². The number of furan rings is 1. The fraction of sp³-hybridized carbons (Fsp3) is 0.0556. The van der Waals surface area contributed by atoms with Gasteiger partial charge in [0.15, 0.2) is 12.0 Å². The van der Waals surface area contributed by atoms with E-state index in [0.29, 0.717) is 27.9 Å². The second kappa shape index (κ2) is 7.26. The van der Waals surface area contributed by atoms with E-state index in [1.165, 1.54) is 0 Å². The number of carbonyl (C=O) groups is 1. The van der Waals surface area contributed by atoms with Crippen molar-refractivity contribution < 1.29 is 9.21 Å². The van der Waals surface area contributed by atoms with Crippen molar-refractivity contribution in [3.63, 3.8) is 0 Å². The largest absolute Gasteiger partial charge is 0.453 e. The molecule has 0 aliphatic carbocycles. The molecule has 1 heterocycles. The van der Waals surface area contributed by atoms with Crippen molar-refractivity contribution >= 4 is 41.2 Å². The van der Waals surface area contributed by atoms with Crippen LogP contribution >= 0.6 is 35.0 Å². The van der Waals surface area contributed by atoms with Crippen molar-refractivity contribution in [2.75, 3.05) is 0 Å². The second-order valence-electron chi connectivity index (χ2n) is 4.87. The van der Waals surface area contributed by atoms with Crippen LogP contribution < -0.4 is 0 Å². The average Bonchev–Trinajstić information content (AvgIpc) is 3.04. The summed E-state index contributed by atoms with van der Waals surface area (Å²) in [6, 6.07) is 17.0. The molecule has 116 valence electrons. The van der Waals surface area contributed by atoms with Crippen LogP contribution in [-0.2, 0) is 5.75 Å². The van der Waals surface area contributed by atoms with Gasteiger partial charge >= 0.3 is 0 Å². The third-order valence-corrected chi connectivity index (χ3v) is 4.94. The van der Waals surface area contributed by atoms with Crippen molar-refractivity contribution in [3.8, 4) is 11.3 Å². The van der Waals surface area contributed by atoms with Crippen molar-refractivity contribution in [2.45, 2.75) is 10.6 Å². The maximum atomic E-state index is 10.7. The van der Waals surface area contributed by atoms with Gasteiger partial charge in [0.05, 0.1) is 0 Å². The molecule has 0 unspecified atom stereocenters. The molecule has 2 nitrogen and oxygen atoms in total. The number of halogens is 2. The Morgan fingerprint density at radius 2 is 1.78 bits per heavy atom. The molecule has 0 saturated carbocycles. The lowest BCUT2D eigenvalue weighted by Crippen LogP contribution is -1.83. The molecule has 0 amide bonds. The first-order valence-corrected chi connectivity index (χ1v) is 8.62. The maximum absolute atomic E-state index is 10.7. The number of benzene rings is 2. The summed E-state index contributed by atoms with van der Waals surface area (Å²) in [7, 11) is 0. The Hall–Kier alpha value is -1.68. The van der Waals surface area contributed by atoms with Gasteiger partial charge in [-0.05, 0) is 42.0 Å². The third-order valence-electron chi connectivity index (χ3n) is 3.29. The summed E-state index contributed by atoms with van der Waals surface area (Å²) in [6.45, 7) is 0. The SMILES string of the molecule is O=Cc1ccc(-c2ccc(SCc3ccc(Cl)cc3Cl)cc2)o1. The van der Waals surface area contributed by atoms with Crippen molar-refractivity contribution in [1.82, 2.24) is 0 Å². The van der Waals surface area contributed by atoms with Crippen LogP contribution in [0.15, 0.2) is 63.9 Å². The summed E-state index contributed by atoms with van der Waals surface area (Å²) >= 11 is 13.8. The minimum atomic E-state index is 0.329. The molecular formula is C18H12Cl2O2S. The summed E-state index contributed by atoms with van der Waals surface area (Å²) < 4.78 is 5.41. The smallest absolute Gasteiger partial charge is 0.185 e. The molecule has 1 aromatic heterocycles. The highest BCUT2D eigenvalue weighted by molar-refractivity contribution is 7.98. The molecule has 0 fully saturated rings. The molecular weight excluding hydrogens is 351 g/mol. The number of hydrogen-bond acceptors (Lipinski definition) is 3. The molecule has 0 aliphatic rings. The minimum absolute atomic E-state index is 0.329. The highest BCUT2D eigenvalue weighted by Crippen LogP contribution is 2.30. The molecule has 0 saturated heterocycles. The predicted molar refractivity (Wildman–Crippen MR) is 95.6 cm³/mol. The van der Waals surface area contributed by atoms with Crippen LogP contribution in [0, 0.1) is 0 Å². The van der Waals surface area contributed by atoms with Crippen LogP contribution in [-0.4, -0.2) is 6.29 Å². The monoisotopic (exact) mass is 362 g/mol. The van der Waals surface area contributed by atoms with Crippen LogP contribution in [0.5, 0.6) is 0 Å². The van der Waals surface area contributed by atoms with Gasteiger partial charge in [-0.1, -0.05) is 41.4 Å². The Labute approximate surface area is 148 Å². The fourth-order valence-electron chi connectivity index (χ4n) is 2.09. The van der Waals surface area contributed by atoms with Crippen molar-refractivity contribution in [3.05, 3.63) is 76.0 Å². The Morgan fingerprint density at radius 1 is 1.00 bits per heavy atom. The molecule has 23 heavy (non-hydrogen) atoms. The zero-order chi connectivity index (χ0) is 16.2. The highest BCUT2D eigenvalue weighted by Gasteiger charge is 2.06. The Morgan fingerprint density at radius 3 is 2.43 bits per heavy atom. The first kappa shape index (κ1) is 16.2. The molecule has 0 N–H and O–H groups in total. The molecule has 0 radical (unpaired) electrons. The van der Waals surface area contributed by atoms with E-state index in [-0.39, 0.29) is 0 Å². The highest BCUT2D eigenvalue weighted by atomic mass is 35.5. The average molecular weight is 363 g/mol. The van der Waals surface area contributed by atoms with Crippen LogP contribution in [0.2, 0.25) is 10.0 Å². The second-order valence-corrected chi connectivity index (χ2v) is 6.76. The van der Waals surface area contributed by atoms with Gasteiger partial charge in [0.25, 0.3) is 0 Å². The van der Waals surface area contributed by atoms with Gasteiger partial charge in [0, 0.05) is 26.3 Å². The summed E-state index contributed by atoms with van der Waals surface area (Å²) in [4.78, 5) is 11.8. The Bertz CT molecular complexity index is 825. The maximum Gasteiger partial charge on any atom is 0.185 e. The first-order valence-electron chi connectivity index (χ1n) is 6.88. The molecule has 0 atom stereocenters. The van der Waals surface area contributed by atoms with E-state index < -0.39 is 0 Å². The Kier molecular flexibility index (Phi) is 5.11. The van der Waals surface area contributed by atoms with Crippen LogP contribution in [0.25, 0.3) is 11.3 Å². The number of rotatable bonds is 5. The third kappa shape index (κ3) is 3.99. The number of hydrogen-bond donors (Lipinski definition) is 0. The number of thioether (sulfide) groups is 1. The fourth-order valence-corrected chi connectivity index (χ4v) is 3.54. The van der Waals surface area contributed by atoms with Crippen molar-refractivity contribution in [2.24, 2.45) is 0 Å². The number of aldehydes is 1. The lowest BCUT2D eigenvalue weighted by molar-refractivity contribution is 0.110. The van der Waals surface area contributed by atoms with Crippen LogP contribution in [0.3, 0.4) is 0 Å². The zero-order valence-corrected chi connectivity index (χ0v) is 14.3. The van der Waals surface area contributed by atoms with E-state index in [2.05, 4.69) is 0 Å². The van der Waals surface area contributed by atoms with E-state index in [9.17, 15) is 4.79 Å². The summed E-state index contributed by atoms with van der Waals surface area (Å²) in [6.07, 6.45) is 0.698. The van der Waals surface area contributed by atoms with Gasteiger partial charge in [0.1, 0.15) is 5.76 Å². The predicted octanol–water partition coefficient (Wildman–Crippen LogP) is 6.36. The molecule has 5 heteroatoms. The first-order chi connectivity index (χ1) is 11.2. The van der Waals surface area contributed by atoms with E-state index in [0.717, 1.165) is 21.8 Å². The molecule has 0 aliphatic heterocycles. The molecule has 0 spiro atoms. The van der Waals surface area contributed by atoms with Crippen molar-refractivity contribution in [1.29, 1.82) is 0 Å². The standard InChI is InChI=1S/C18H12Cl2O2S/c19-14-4-1-13(17(20)9-14)11-23-16-6-2-12(3-7-16)18-8-5-15(10-21)22-18/h1-10H,11H2. The molecule has 3 aromatic rings. The molecule has 2 aromatic carbocycles. The minimum Gasteiger partial charge on any atom is -0.453 e. The lowest BCUT2D eigenvalue weighted by Gasteiger charge is -2.05. The lowest BCUT2D eigenvalue weighted by atomic mass is 10.2. The number of carbonyl (C=O) groups excluding carboxylic acids is 1. The van der Waals surface area contributed by atoms with Gasteiger partial charge in [-0.2, -0.15) is 0 Å². The van der Waals surface area contributed by atoms with E-state index in [4.69, 9.17) is 27.6 Å². The van der Waals surface area contributed by atoms with E-state index in [1.807, 2.05) is 36.4 Å². The van der Waals surface area contributed by atoms with Gasteiger partial charge < -0.3 is 4.42 Å². The summed E-state index contributed by atoms with van der Waals surface area (Å²) in [5.74, 6) is 1.78. The molecule has 0 bridgehead atoms.